The summed E-state index contributed by atoms with van der Waals surface area (Å²) in [6.07, 6.45) is -0.308. The van der Waals surface area contributed by atoms with Crippen LogP contribution in [0.3, 0.4) is 0 Å². The van der Waals surface area contributed by atoms with Crippen LogP contribution in [0.4, 0.5) is 24.7 Å². The maximum Gasteiger partial charge on any atom is 0.416 e. The van der Waals surface area contributed by atoms with Gasteiger partial charge in [0.15, 0.2) is 0 Å². The molecule has 2 heterocycles. The Bertz CT molecular complexity index is 1040. The first-order chi connectivity index (χ1) is 15.3. The lowest BCUT2D eigenvalue weighted by Crippen LogP contribution is -2.29. The number of nitrogens with zero attached hydrogens (tertiary/aromatic N) is 3. The van der Waals surface area contributed by atoms with Crippen LogP contribution < -0.4 is 10.5 Å². The van der Waals surface area contributed by atoms with Crippen LogP contribution in [0, 0.1) is 6.92 Å². The Kier molecular flexibility index (Phi) is 9.07. The zero-order chi connectivity index (χ0) is 24.8. The van der Waals surface area contributed by atoms with Crippen LogP contribution in [0.1, 0.15) is 51.2 Å². The van der Waals surface area contributed by atoms with Gasteiger partial charge in [0.05, 0.1) is 22.2 Å². The third kappa shape index (κ3) is 7.56. The van der Waals surface area contributed by atoms with Crippen molar-refractivity contribution in [1.29, 1.82) is 0 Å². The molecule has 0 aliphatic carbocycles. The van der Waals surface area contributed by atoms with Gasteiger partial charge in [-0.1, -0.05) is 19.4 Å². The Morgan fingerprint density at radius 1 is 1.12 bits per heavy atom. The predicted molar refractivity (Wildman–Crippen MR) is 125 cm³/mol. The van der Waals surface area contributed by atoms with Crippen molar-refractivity contribution in [2.45, 2.75) is 58.4 Å². The maximum absolute atomic E-state index is 13.0. The first-order valence-corrected chi connectivity index (χ1v) is 12.4. The fourth-order valence-electron chi connectivity index (χ4n) is 3.20. The molecular formula is C22H32F3N5O2S. The number of hydrogen-bond acceptors (Lipinski definition) is 6. The molecule has 3 rings (SSSR count). The van der Waals surface area contributed by atoms with Crippen LogP contribution in [0.15, 0.2) is 24.3 Å². The Balaban J connectivity index is 0.000000405. The molecule has 33 heavy (non-hydrogen) atoms. The summed E-state index contributed by atoms with van der Waals surface area (Å²) < 4.78 is 65.4. The number of benzene rings is 1. The summed E-state index contributed by atoms with van der Waals surface area (Å²) in [7, 11) is -3.85. The molecule has 1 aliphatic rings. The highest BCUT2D eigenvalue weighted by molar-refractivity contribution is 7.93. The summed E-state index contributed by atoms with van der Waals surface area (Å²) in [5.74, 6) is 0.181. The Labute approximate surface area is 193 Å². The van der Waals surface area contributed by atoms with Crippen molar-refractivity contribution < 1.29 is 21.6 Å². The fraction of sp³-hybridized carbons (Fsp3) is 0.545. The lowest BCUT2D eigenvalue weighted by Gasteiger charge is -2.24. The minimum absolute atomic E-state index is 0.174. The van der Waals surface area contributed by atoms with Crippen molar-refractivity contribution in [3.05, 3.63) is 35.4 Å². The molecule has 0 atom stereocenters. The molecule has 0 unspecified atom stereocenters. The first-order valence-electron chi connectivity index (χ1n) is 10.9. The van der Waals surface area contributed by atoms with Crippen molar-refractivity contribution in [1.82, 2.24) is 15.1 Å². The van der Waals surface area contributed by atoms with Crippen LogP contribution in [0.25, 0.3) is 11.3 Å². The minimum Gasteiger partial charge on any atom is -0.382 e. The normalized spacial score (nSPS) is 15.2. The highest BCUT2D eigenvalue weighted by atomic mass is 32.2. The van der Waals surface area contributed by atoms with Gasteiger partial charge in [-0.3, -0.25) is 4.72 Å². The number of likely N-dealkylation sites (tertiary alicyclic amines) is 1. The predicted octanol–water partition coefficient (Wildman–Crippen LogP) is 4.70. The molecule has 11 heteroatoms. The fourth-order valence-corrected chi connectivity index (χ4v) is 3.91. The van der Waals surface area contributed by atoms with E-state index in [1.54, 1.807) is 6.92 Å². The number of anilines is 2. The van der Waals surface area contributed by atoms with Gasteiger partial charge in [0.2, 0.25) is 10.0 Å². The van der Waals surface area contributed by atoms with Gasteiger partial charge in [-0.25, -0.2) is 8.42 Å². The second-order valence-electron chi connectivity index (χ2n) is 8.25. The van der Waals surface area contributed by atoms with E-state index in [1.807, 2.05) is 0 Å². The number of alkyl halides is 3. The monoisotopic (exact) mass is 487 g/mol. The number of nitrogens with two attached hydrogens (primary N) is 1. The van der Waals surface area contributed by atoms with Crippen LogP contribution in [-0.2, 0) is 16.2 Å². The van der Waals surface area contributed by atoms with Crippen LogP contribution >= 0.6 is 0 Å². The summed E-state index contributed by atoms with van der Waals surface area (Å²) in [6, 6.07) is 4.28. The average molecular weight is 488 g/mol. The van der Waals surface area contributed by atoms with Gasteiger partial charge >= 0.3 is 6.18 Å². The molecule has 7 nitrogen and oxygen atoms in total. The van der Waals surface area contributed by atoms with Gasteiger partial charge in [0.25, 0.3) is 0 Å². The van der Waals surface area contributed by atoms with Gasteiger partial charge in [0, 0.05) is 5.56 Å². The molecule has 0 radical (unpaired) electrons. The summed E-state index contributed by atoms with van der Waals surface area (Å²) in [5.41, 5.74) is 5.35. The molecule has 0 saturated carbocycles. The van der Waals surface area contributed by atoms with Gasteiger partial charge in [-0.15, -0.1) is 10.2 Å². The lowest BCUT2D eigenvalue weighted by molar-refractivity contribution is -0.137. The molecule has 0 bridgehead atoms. The lowest BCUT2D eigenvalue weighted by atomic mass is 10.0. The third-order valence-electron chi connectivity index (χ3n) is 5.41. The number of halogens is 3. The minimum atomic E-state index is -4.61. The number of sulfonamides is 1. The molecule has 184 valence electrons. The van der Waals surface area contributed by atoms with Gasteiger partial charge in [-0.2, -0.15) is 13.2 Å². The van der Waals surface area contributed by atoms with Crippen LogP contribution in [0.2, 0.25) is 0 Å². The molecule has 1 aromatic heterocycles. The van der Waals surface area contributed by atoms with Crippen LogP contribution in [0.5, 0.6) is 0 Å². The second-order valence-corrected chi connectivity index (χ2v) is 10.5. The third-order valence-corrected chi connectivity index (χ3v) is 7.16. The van der Waals surface area contributed by atoms with Crippen molar-refractivity contribution in [2.24, 2.45) is 0 Å². The number of piperidine rings is 1. The van der Waals surface area contributed by atoms with Gasteiger partial charge in [0.1, 0.15) is 5.82 Å². The highest BCUT2D eigenvalue weighted by Gasteiger charge is 2.32. The van der Waals surface area contributed by atoms with E-state index >= 15 is 0 Å². The van der Waals surface area contributed by atoms with Gasteiger partial charge < -0.3 is 10.6 Å². The van der Waals surface area contributed by atoms with Crippen molar-refractivity contribution >= 4 is 21.5 Å². The summed E-state index contributed by atoms with van der Waals surface area (Å²) in [5, 5.41) is 6.75. The zero-order valence-corrected chi connectivity index (χ0v) is 20.2. The molecule has 1 saturated heterocycles. The number of aromatic nitrogens is 2. The van der Waals surface area contributed by atoms with Crippen LogP contribution in [-0.4, -0.2) is 48.4 Å². The van der Waals surface area contributed by atoms with E-state index in [0.717, 1.165) is 18.2 Å². The largest absolute Gasteiger partial charge is 0.416 e. The number of aryl methyl sites for hydroxylation is 1. The Morgan fingerprint density at radius 3 is 2.24 bits per heavy atom. The number of nitrogen functional groups attached to an aromatic ring is 1. The quantitative estimate of drug-likeness (QED) is 0.634. The molecule has 1 aromatic carbocycles. The van der Waals surface area contributed by atoms with Crippen molar-refractivity contribution in [3.8, 4) is 11.3 Å². The van der Waals surface area contributed by atoms with E-state index < -0.39 is 27.0 Å². The van der Waals surface area contributed by atoms with Crippen molar-refractivity contribution in [3.63, 3.8) is 0 Å². The summed E-state index contributed by atoms with van der Waals surface area (Å²) in [6.45, 7) is 10.7. The molecule has 0 spiro atoms. The molecule has 0 amide bonds. The second kappa shape index (κ2) is 11.1. The maximum atomic E-state index is 13.0. The number of hydrogen-bond donors (Lipinski definition) is 2. The average Bonchev–Trinajstić information content (AvgIpc) is 2.76. The molecule has 1 fully saturated rings. The summed E-state index contributed by atoms with van der Waals surface area (Å²) >= 11 is 0. The number of nitrogens with one attached hydrogen (secondary N) is 1. The van der Waals surface area contributed by atoms with E-state index in [-0.39, 0.29) is 22.8 Å². The zero-order valence-electron chi connectivity index (χ0n) is 19.4. The Morgan fingerprint density at radius 2 is 1.76 bits per heavy atom. The van der Waals surface area contributed by atoms with Gasteiger partial charge in [-0.05, 0) is 77.0 Å². The molecule has 2 aromatic rings. The highest BCUT2D eigenvalue weighted by Crippen LogP contribution is 2.36. The van der Waals surface area contributed by atoms with Crippen molar-refractivity contribution in [2.75, 3.05) is 30.1 Å². The number of rotatable bonds is 5. The first kappa shape index (κ1) is 26.8. The topological polar surface area (TPSA) is 101 Å². The van der Waals surface area contributed by atoms with E-state index in [9.17, 15) is 21.6 Å². The molecule has 3 N–H and O–H groups in total. The molecular weight excluding hydrogens is 455 g/mol. The summed E-state index contributed by atoms with van der Waals surface area (Å²) in [4.78, 5) is 2.52. The SMILES string of the molecule is CCN1CCCCC1.Cc1cc(-c2ccc(C(F)(F)F)cc2NS(=O)(=O)C(C)C)nnc1N. The van der Waals surface area contributed by atoms with E-state index in [2.05, 4.69) is 26.7 Å². The van der Waals surface area contributed by atoms with E-state index in [0.29, 0.717) is 5.56 Å². The van der Waals surface area contributed by atoms with E-state index in [4.69, 9.17) is 5.73 Å². The van der Waals surface area contributed by atoms with E-state index in [1.165, 1.54) is 58.8 Å². The Hall–Kier alpha value is -2.40. The molecule has 1 aliphatic heterocycles. The smallest absolute Gasteiger partial charge is 0.382 e. The standard InChI is InChI=1S/C15H17F3N4O2S.C7H15N/c1-8(2)25(23,24)22-13-7-10(15(16,17)18)4-5-11(13)12-6-9(3)14(19)21-20-12;1-2-8-6-4-3-5-7-8/h4-8,22H,1-3H3,(H2,19,21);2-7H2,1H3.